The molecule has 3 aromatic rings. The molecule has 6 rings (SSSR count). The lowest BCUT2D eigenvalue weighted by atomic mass is 9.58. The second-order valence-corrected chi connectivity index (χ2v) is 12.1. The minimum atomic E-state index is -1.05. The van der Waals surface area contributed by atoms with Gasteiger partial charge in [-0.25, -0.2) is 0 Å². The third kappa shape index (κ3) is 5.82. The largest absolute Gasteiger partial charge is 0.507 e. The first kappa shape index (κ1) is 29.8. The summed E-state index contributed by atoms with van der Waals surface area (Å²) < 4.78 is 12.4. The van der Waals surface area contributed by atoms with Gasteiger partial charge in [0, 0.05) is 13.2 Å². The maximum Gasteiger partial charge on any atom is 0.455 e. The Balaban J connectivity index is 1.35. The molecule has 3 heterocycles. The molecule has 2 N–H and O–H groups in total. The lowest BCUT2D eigenvalue weighted by Crippen LogP contribution is -2.46. The van der Waals surface area contributed by atoms with E-state index < -0.39 is 25.1 Å². The number of allylic oxidation sites excluding steroid dienone is 1. The molecule has 0 spiro atoms. The number of carbonyl (C=O) groups excluding carboxylic acids is 2. The molecule has 1 aromatic heterocycles. The predicted octanol–water partition coefficient (Wildman–Crippen LogP) is 5.23. The van der Waals surface area contributed by atoms with Gasteiger partial charge in [-0.2, -0.15) is 0 Å². The normalized spacial score (nSPS) is 23.6. The fourth-order valence-corrected chi connectivity index (χ4v) is 7.13. The van der Waals surface area contributed by atoms with Gasteiger partial charge in [-0.05, 0) is 121 Å². The van der Waals surface area contributed by atoms with Crippen LogP contribution in [0.3, 0.4) is 0 Å². The monoisotopic (exact) mass is 592 g/mol. The number of phenols is 1. The molecule has 2 saturated heterocycles. The molecular weight excluding hydrogens is 555 g/mol. The zero-order valence-corrected chi connectivity index (χ0v) is 25.3. The Kier molecular flexibility index (Phi) is 8.43. The zero-order valence-electron chi connectivity index (χ0n) is 25.3. The second kappa shape index (κ2) is 12.4. The van der Waals surface area contributed by atoms with E-state index in [9.17, 15) is 19.7 Å². The summed E-state index contributed by atoms with van der Waals surface area (Å²) in [4.78, 5) is 32.3. The summed E-state index contributed by atoms with van der Waals surface area (Å²) in [6.07, 6.45) is 5.16. The van der Waals surface area contributed by atoms with Gasteiger partial charge in [-0.3, -0.25) is 19.5 Å². The number of carbonyl (C=O) groups is 2. The van der Waals surface area contributed by atoms with E-state index in [4.69, 9.17) is 9.39 Å². The lowest BCUT2D eigenvalue weighted by molar-refractivity contribution is -0.138. The average Bonchev–Trinajstić information content (AvgIpc) is 3.24. The van der Waals surface area contributed by atoms with Crippen LogP contribution in [0.25, 0.3) is 11.6 Å². The van der Waals surface area contributed by atoms with Gasteiger partial charge in [0.05, 0.1) is 23.6 Å². The van der Waals surface area contributed by atoms with E-state index in [-0.39, 0.29) is 36.4 Å². The molecule has 2 amide bonds. The molecule has 0 bridgehead atoms. The minimum absolute atomic E-state index is 0.173. The number of ether oxygens (including phenoxy) is 1. The molecule has 9 heteroatoms. The second-order valence-electron chi connectivity index (χ2n) is 12.1. The summed E-state index contributed by atoms with van der Waals surface area (Å²) in [5.41, 5.74) is 6.29. The van der Waals surface area contributed by atoms with E-state index in [1.165, 1.54) is 4.90 Å². The lowest BCUT2D eigenvalue weighted by Gasteiger charge is -2.43. The van der Waals surface area contributed by atoms with Crippen molar-refractivity contribution in [3.8, 4) is 11.5 Å². The van der Waals surface area contributed by atoms with Gasteiger partial charge in [0.15, 0.2) is 0 Å². The fraction of sp³-hybridized carbons (Fsp3) is 0.343. The number of nitrogens with zero attached hydrogens (tertiary/aromatic N) is 2. The molecule has 0 unspecified atom stereocenters. The SMILES string of the molecule is Cc1cc(/C=C(/CC[C@H]2OB(O)C[C@H]3C2=C(COc2ccccc2)C[C@H]2C(=O)N(C)C(=O)[C@H]23)c2ccccn2)cc(C)c1O. The number of amides is 2. The molecule has 1 aliphatic carbocycles. The third-order valence-electron chi connectivity index (χ3n) is 9.21. The topological polar surface area (TPSA) is 109 Å². The van der Waals surface area contributed by atoms with Crippen LogP contribution in [-0.2, 0) is 14.2 Å². The van der Waals surface area contributed by atoms with Gasteiger partial charge in [0.2, 0.25) is 11.8 Å². The first-order valence-electron chi connectivity index (χ1n) is 15.2. The maximum atomic E-state index is 13.3. The van der Waals surface area contributed by atoms with Crippen LogP contribution in [0.4, 0.5) is 0 Å². The number of likely N-dealkylation sites (tertiary alicyclic amines) is 1. The highest BCUT2D eigenvalue weighted by atomic mass is 16.5. The Labute approximate surface area is 258 Å². The molecule has 0 radical (unpaired) electrons. The first-order chi connectivity index (χ1) is 21.2. The van der Waals surface area contributed by atoms with Crippen molar-refractivity contribution in [3.05, 3.63) is 100 Å². The number of phenolic OH excluding ortho intramolecular Hbond substituents is 1. The van der Waals surface area contributed by atoms with E-state index in [1.54, 1.807) is 13.2 Å². The summed E-state index contributed by atoms with van der Waals surface area (Å²) >= 11 is 0. The molecule has 3 aliphatic rings. The number of hydrogen-bond acceptors (Lipinski definition) is 7. The van der Waals surface area contributed by atoms with Crippen LogP contribution >= 0.6 is 0 Å². The van der Waals surface area contributed by atoms with E-state index in [0.717, 1.165) is 44.9 Å². The highest BCUT2D eigenvalue weighted by molar-refractivity contribution is 6.43. The standard InChI is InChI=1S/C35H37BN2O6/c1-21-15-23(16-22(2)33(21)39)17-24(29-11-7-8-14-37-29)12-13-30-31-25(20-43-26-9-5-4-6-10-26)18-27-32(28(31)19-36(42)44-30)35(41)38(3)34(27)40/h4-11,14-17,27-28,30,32,39,42H,12-13,18-20H2,1-3H3/b24-17-/t27-,28+,30-,32-/m1/s1. The van der Waals surface area contributed by atoms with Crippen LogP contribution in [0.2, 0.25) is 6.32 Å². The van der Waals surface area contributed by atoms with Crippen LogP contribution in [0.15, 0.2) is 78.0 Å². The number of aromatic hydroxyl groups is 1. The third-order valence-corrected chi connectivity index (χ3v) is 9.21. The van der Waals surface area contributed by atoms with Crippen LogP contribution in [-0.4, -0.2) is 58.7 Å². The Morgan fingerprint density at radius 3 is 2.50 bits per heavy atom. The summed E-state index contributed by atoms with van der Waals surface area (Å²) in [5, 5.41) is 21.2. The van der Waals surface area contributed by atoms with Gasteiger partial charge in [-0.15, -0.1) is 0 Å². The molecule has 2 aromatic carbocycles. The maximum absolute atomic E-state index is 13.3. The number of benzene rings is 2. The Morgan fingerprint density at radius 2 is 1.80 bits per heavy atom. The van der Waals surface area contributed by atoms with Crippen LogP contribution in [0, 0.1) is 31.6 Å². The number of fused-ring (bicyclic) bond motifs is 3. The minimum Gasteiger partial charge on any atom is -0.507 e. The first-order valence-corrected chi connectivity index (χ1v) is 15.2. The van der Waals surface area contributed by atoms with Crippen molar-refractivity contribution in [2.75, 3.05) is 13.7 Å². The van der Waals surface area contributed by atoms with Crippen molar-refractivity contribution < 1.29 is 29.1 Å². The summed E-state index contributed by atoms with van der Waals surface area (Å²) in [5.74, 6) is -0.652. The van der Waals surface area contributed by atoms with Gasteiger partial charge in [0.25, 0.3) is 0 Å². The van der Waals surface area contributed by atoms with Crippen molar-refractivity contribution in [2.24, 2.45) is 17.8 Å². The Bertz CT molecular complexity index is 1600. The summed E-state index contributed by atoms with van der Waals surface area (Å²) in [6.45, 7) is 4.03. The number of para-hydroxylation sites is 1. The molecule has 2 aliphatic heterocycles. The number of aromatic nitrogens is 1. The van der Waals surface area contributed by atoms with E-state index >= 15 is 0 Å². The van der Waals surface area contributed by atoms with Gasteiger partial charge < -0.3 is 19.5 Å². The van der Waals surface area contributed by atoms with Gasteiger partial charge in [-0.1, -0.05) is 24.3 Å². The van der Waals surface area contributed by atoms with Crippen molar-refractivity contribution in [1.29, 1.82) is 0 Å². The number of pyridine rings is 1. The van der Waals surface area contributed by atoms with E-state index in [2.05, 4.69) is 11.1 Å². The predicted molar refractivity (Wildman–Crippen MR) is 168 cm³/mol. The molecule has 2 fully saturated rings. The molecule has 44 heavy (non-hydrogen) atoms. The highest BCUT2D eigenvalue weighted by Crippen LogP contribution is 2.50. The van der Waals surface area contributed by atoms with Crippen molar-refractivity contribution >= 4 is 30.6 Å². The number of aryl methyl sites for hydroxylation is 2. The molecule has 4 atom stereocenters. The van der Waals surface area contributed by atoms with Crippen molar-refractivity contribution in [3.63, 3.8) is 0 Å². The van der Waals surface area contributed by atoms with Crippen LogP contribution < -0.4 is 4.74 Å². The molecular formula is C35H37BN2O6. The van der Waals surface area contributed by atoms with Crippen molar-refractivity contribution in [1.82, 2.24) is 9.88 Å². The molecule has 8 nitrogen and oxygen atoms in total. The number of hydrogen-bond donors (Lipinski definition) is 2. The van der Waals surface area contributed by atoms with Gasteiger partial charge >= 0.3 is 7.12 Å². The highest BCUT2D eigenvalue weighted by Gasteiger charge is 2.56. The summed E-state index contributed by atoms with van der Waals surface area (Å²) in [6, 6.07) is 19.2. The van der Waals surface area contributed by atoms with E-state index in [0.29, 0.717) is 19.3 Å². The van der Waals surface area contributed by atoms with Gasteiger partial charge in [0.1, 0.15) is 18.1 Å². The Hall–Kier alpha value is -4.21. The number of imide groups is 1. The Morgan fingerprint density at radius 1 is 1.07 bits per heavy atom. The zero-order chi connectivity index (χ0) is 31.0. The smallest absolute Gasteiger partial charge is 0.455 e. The van der Waals surface area contributed by atoms with Crippen LogP contribution in [0.1, 0.15) is 41.6 Å². The summed E-state index contributed by atoms with van der Waals surface area (Å²) in [7, 11) is 0.495. The van der Waals surface area contributed by atoms with E-state index in [1.807, 2.05) is 74.5 Å². The number of rotatable bonds is 8. The molecule has 226 valence electrons. The average molecular weight is 593 g/mol. The fourth-order valence-electron chi connectivity index (χ4n) is 7.13. The van der Waals surface area contributed by atoms with Crippen molar-refractivity contribution in [2.45, 2.75) is 45.5 Å². The quantitative estimate of drug-likeness (QED) is 0.210. The van der Waals surface area contributed by atoms with Crippen LogP contribution in [0.5, 0.6) is 11.5 Å². The molecule has 0 saturated carbocycles.